The zero-order valence-corrected chi connectivity index (χ0v) is 25.8. The van der Waals surface area contributed by atoms with E-state index in [0.29, 0.717) is 27.8 Å². The summed E-state index contributed by atoms with van der Waals surface area (Å²) in [6.45, 7) is 2.07. The molecule has 1 atom stereocenters. The van der Waals surface area contributed by atoms with E-state index >= 15 is 0 Å². The van der Waals surface area contributed by atoms with Crippen molar-refractivity contribution in [3.05, 3.63) is 107 Å². The zero-order valence-electron chi connectivity index (χ0n) is 24.2. The van der Waals surface area contributed by atoms with E-state index in [1.54, 1.807) is 59.9 Å². The van der Waals surface area contributed by atoms with Gasteiger partial charge in [-0.2, -0.15) is 0 Å². The standard InChI is InChI=1S/C34H28ClN3O5S/c1-20-8-14-26-30(16-20)44-32(36-26)21-9-12-24(13-10-21)38-31(39)18-27(34(38)41)37(19-23-6-4-5-7-25(23)35)33(40)22-11-15-28(42-2)29(17-22)43-3/h4-17,27H,18-19H2,1-3H3. The van der Waals surface area contributed by atoms with Crippen molar-refractivity contribution in [3.63, 3.8) is 0 Å². The van der Waals surface area contributed by atoms with Gasteiger partial charge in [-0.15, -0.1) is 11.3 Å². The first kappa shape index (κ1) is 29.3. The number of nitrogens with zero attached hydrogens (tertiary/aromatic N) is 3. The summed E-state index contributed by atoms with van der Waals surface area (Å²) in [4.78, 5) is 48.6. The number of methoxy groups -OCH3 is 2. The minimum Gasteiger partial charge on any atom is -0.493 e. The summed E-state index contributed by atoms with van der Waals surface area (Å²) in [6.07, 6.45) is -0.165. The molecule has 0 N–H and O–H groups in total. The highest BCUT2D eigenvalue weighted by Crippen LogP contribution is 2.35. The highest BCUT2D eigenvalue weighted by atomic mass is 35.5. The van der Waals surface area contributed by atoms with Crippen LogP contribution in [0.2, 0.25) is 5.02 Å². The highest BCUT2D eigenvalue weighted by Gasteiger charge is 2.44. The lowest BCUT2D eigenvalue weighted by molar-refractivity contribution is -0.122. The minimum atomic E-state index is -1.04. The first-order chi connectivity index (χ1) is 21.3. The Morgan fingerprint density at radius 1 is 0.977 bits per heavy atom. The number of imide groups is 1. The van der Waals surface area contributed by atoms with Gasteiger partial charge >= 0.3 is 0 Å². The molecule has 1 aliphatic heterocycles. The molecule has 2 heterocycles. The summed E-state index contributed by atoms with van der Waals surface area (Å²) in [6, 6.07) is 24.2. The number of aromatic nitrogens is 1. The number of ether oxygens (including phenoxy) is 2. The largest absolute Gasteiger partial charge is 0.493 e. The number of fused-ring (bicyclic) bond motifs is 1. The van der Waals surface area contributed by atoms with Gasteiger partial charge < -0.3 is 14.4 Å². The molecule has 4 aromatic carbocycles. The maximum atomic E-state index is 14.0. The van der Waals surface area contributed by atoms with Crippen molar-refractivity contribution in [2.24, 2.45) is 0 Å². The summed E-state index contributed by atoms with van der Waals surface area (Å²) < 4.78 is 11.8. The fraction of sp³-hybridized carbons (Fsp3) is 0.176. The van der Waals surface area contributed by atoms with Crippen LogP contribution in [0.25, 0.3) is 20.8 Å². The Kier molecular flexibility index (Phi) is 8.07. The molecule has 222 valence electrons. The molecule has 0 saturated carbocycles. The van der Waals surface area contributed by atoms with Crippen molar-refractivity contribution < 1.29 is 23.9 Å². The normalized spacial score (nSPS) is 14.7. The second-order valence-electron chi connectivity index (χ2n) is 10.4. The van der Waals surface area contributed by atoms with Gasteiger partial charge in [-0.25, -0.2) is 9.88 Å². The molecule has 1 saturated heterocycles. The summed E-state index contributed by atoms with van der Waals surface area (Å²) in [5, 5.41) is 1.30. The van der Waals surface area contributed by atoms with E-state index in [4.69, 9.17) is 26.1 Å². The number of hydrogen-bond donors (Lipinski definition) is 0. The topological polar surface area (TPSA) is 89.0 Å². The van der Waals surface area contributed by atoms with Crippen molar-refractivity contribution in [3.8, 4) is 22.1 Å². The number of hydrogen-bond acceptors (Lipinski definition) is 7. The van der Waals surface area contributed by atoms with E-state index in [1.807, 2.05) is 37.3 Å². The van der Waals surface area contributed by atoms with Crippen LogP contribution in [-0.2, 0) is 16.1 Å². The third-order valence-corrected chi connectivity index (χ3v) is 9.04. The Bertz CT molecular complexity index is 1910. The van der Waals surface area contributed by atoms with Crippen molar-refractivity contribution in [2.45, 2.75) is 25.9 Å². The van der Waals surface area contributed by atoms with Gasteiger partial charge in [0.25, 0.3) is 11.8 Å². The number of halogens is 1. The monoisotopic (exact) mass is 625 g/mol. The molecule has 1 unspecified atom stereocenters. The molecule has 1 fully saturated rings. The average molecular weight is 626 g/mol. The molecule has 3 amide bonds. The molecule has 5 aromatic rings. The Balaban J connectivity index is 1.31. The third-order valence-electron chi connectivity index (χ3n) is 7.61. The molecular weight excluding hydrogens is 598 g/mol. The minimum absolute atomic E-state index is 0.0282. The first-order valence-electron chi connectivity index (χ1n) is 13.9. The molecular formula is C34H28ClN3O5S. The van der Waals surface area contributed by atoms with E-state index in [-0.39, 0.29) is 18.5 Å². The predicted molar refractivity (Wildman–Crippen MR) is 172 cm³/mol. The molecule has 0 radical (unpaired) electrons. The van der Waals surface area contributed by atoms with E-state index in [2.05, 4.69) is 6.07 Å². The van der Waals surface area contributed by atoms with Crippen LogP contribution in [0.5, 0.6) is 11.5 Å². The highest BCUT2D eigenvalue weighted by molar-refractivity contribution is 7.21. The summed E-state index contributed by atoms with van der Waals surface area (Å²) >= 11 is 8.05. The number of benzene rings is 4. The van der Waals surface area contributed by atoms with Gasteiger partial charge in [0, 0.05) is 22.7 Å². The van der Waals surface area contributed by atoms with Crippen LogP contribution in [-0.4, -0.2) is 47.9 Å². The SMILES string of the molecule is COc1ccc(C(=O)N(Cc2ccccc2Cl)C2CC(=O)N(c3ccc(-c4nc5ccc(C)cc5s4)cc3)C2=O)cc1OC. The summed E-state index contributed by atoms with van der Waals surface area (Å²) in [5.41, 5.74) is 4.33. The first-order valence-corrected chi connectivity index (χ1v) is 15.1. The van der Waals surface area contributed by atoms with Gasteiger partial charge in [-0.3, -0.25) is 14.4 Å². The smallest absolute Gasteiger partial charge is 0.257 e. The van der Waals surface area contributed by atoms with Crippen LogP contribution in [0.3, 0.4) is 0 Å². The zero-order chi connectivity index (χ0) is 31.0. The maximum absolute atomic E-state index is 14.0. The van der Waals surface area contributed by atoms with Crippen molar-refractivity contribution >= 4 is 56.6 Å². The van der Waals surface area contributed by atoms with Crippen molar-refractivity contribution in [1.82, 2.24) is 9.88 Å². The third kappa shape index (κ3) is 5.52. The lowest BCUT2D eigenvalue weighted by Gasteiger charge is -2.28. The van der Waals surface area contributed by atoms with Gasteiger partial charge in [0.2, 0.25) is 5.91 Å². The summed E-state index contributed by atoms with van der Waals surface area (Å²) in [5.74, 6) is -0.494. The van der Waals surface area contributed by atoms with Gasteiger partial charge in [-0.05, 0) is 78.7 Å². The second kappa shape index (κ2) is 12.1. The fourth-order valence-corrected chi connectivity index (χ4v) is 6.57. The number of carbonyl (C=O) groups excluding carboxylic acids is 3. The predicted octanol–water partition coefficient (Wildman–Crippen LogP) is 6.92. The molecule has 0 spiro atoms. The quantitative estimate of drug-likeness (QED) is 0.174. The van der Waals surface area contributed by atoms with Gasteiger partial charge in [-0.1, -0.05) is 35.9 Å². The molecule has 10 heteroatoms. The Morgan fingerprint density at radius 2 is 1.73 bits per heavy atom. The van der Waals surface area contributed by atoms with E-state index in [0.717, 1.165) is 31.3 Å². The maximum Gasteiger partial charge on any atom is 0.257 e. The fourth-order valence-electron chi connectivity index (χ4n) is 5.31. The Morgan fingerprint density at radius 3 is 2.45 bits per heavy atom. The van der Waals surface area contributed by atoms with Gasteiger partial charge in [0.05, 0.1) is 36.5 Å². The second-order valence-corrected chi connectivity index (χ2v) is 11.9. The van der Waals surface area contributed by atoms with Crippen LogP contribution in [0.15, 0.2) is 84.9 Å². The van der Waals surface area contributed by atoms with E-state index in [9.17, 15) is 14.4 Å². The number of carbonyl (C=O) groups is 3. The summed E-state index contributed by atoms with van der Waals surface area (Å²) in [7, 11) is 2.99. The lowest BCUT2D eigenvalue weighted by Crippen LogP contribution is -2.45. The Labute approximate surface area is 263 Å². The molecule has 1 aliphatic rings. The van der Waals surface area contributed by atoms with Crippen LogP contribution >= 0.6 is 22.9 Å². The molecule has 44 heavy (non-hydrogen) atoms. The van der Waals surface area contributed by atoms with Crippen LogP contribution in [0.4, 0.5) is 5.69 Å². The average Bonchev–Trinajstić information content (AvgIpc) is 3.59. The van der Waals surface area contributed by atoms with Crippen LogP contribution < -0.4 is 14.4 Å². The number of amides is 3. The van der Waals surface area contributed by atoms with Crippen molar-refractivity contribution in [2.75, 3.05) is 19.1 Å². The number of rotatable bonds is 8. The molecule has 0 bridgehead atoms. The van der Waals surface area contributed by atoms with Gasteiger partial charge in [0.15, 0.2) is 11.5 Å². The van der Waals surface area contributed by atoms with E-state index in [1.165, 1.54) is 19.1 Å². The number of aryl methyl sites for hydroxylation is 1. The van der Waals surface area contributed by atoms with Crippen LogP contribution in [0, 0.1) is 6.92 Å². The molecule has 6 rings (SSSR count). The molecule has 8 nitrogen and oxygen atoms in total. The van der Waals surface area contributed by atoms with E-state index < -0.39 is 23.8 Å². The molecule has 0 aliphatic carbocycles. The number of anilines is 1. The lowest BCUT2D eigenvalue weighted by atomic mass is 10.1. The Hall–Kier alpha value is -4.73. The van der Waals surface area contributed by atoms with Gasteiger partial charge in [0.1, 0.15) is 11.0 Å². The molecule has 1 aromatic heterocycles. The van der Waals surface area contributed by atoms with Crippen LogP contribution in [0.1, 0.15) is 27.9 Å². The number of thiazole rings is 1. The van der Waals surface area contributed by atoms with Crippen molar-refractivity contribution in [1.29, 1.82) is 0 Å².